The Balaban J connectivity index is 0.000000860. The quantitative estimate of drug-likeness (QED) is 0.348. The Kier molecular flexibility index (Phi) is 16.1. The van der Waals surface area contributed by atoms with E-state index in [4.69, 9.17) is 29.8 Å². The molecule has 2 heterocycles. The molecule has 0 saturated carbocycles. The van der Waals surface area contributed by atoms with E-state index in [-0.39, 0.29) is 37.1 Å². The molecular weight excluding hydrogens is 552 g/mol. The molecule has 0 radical (unpaired) electrons. The fourth-order valence-corrected chi connectivity index (χ4v) is 3.35. The average molecular weight is 597 g/mol. The van der Waals surface area contributed by atoms with Gasteiger partial charge in [0, 0.05) is 26.2 Å². The number of nitrogens with two attached hydrogens (primary N) is 1. The van der Waals surface area contributed by atoms with Gasteiger partial charge in [-0.1, -0.05) is 0 Å². The zero-order chi connectivity index (χ0) is 29.8. The lowest BCUT2D eigenvalue weighted by Gasteiger charge is -2.30. The summed E-state index contributed by atoms with van der Waals surface area (Å²) in [7, 11) is 0. The number of esters is 1. The number of carboxylic acid groups (broad SMARTS) is 1. The molecule has 2 saturated heterocycles. The number of nitrogens with one attached hydrogen (secondary N) is 1. The highest BCUT2D eigenvalue weighted by molar-refractivity contribution is 5.88. The standard InChI is InChI=1S/C17H30N2O6.C8H14N2O4.ClH/c1-16(2,3)24-14(21)12(18-15(22)25-17(4,5)6)11-13(20)19-7-9-23-10-8-19;9-6(8(12)13)5-7(11)10-1-3-14-4-2-10;/h12H,7-11H2,1-6H3,(H,18,22);6H,1-5,9H2,(H,12,13);1H/t12-;6-;/m11./s1. The van der Waals surface area contributed by atoms with Crippen LogP contribution in [0.2, 0.25) is 0 Å². The second-order valence-electron chi connectivity index (χ2n) is 11.1. The molecule has 15 heteroatoms. The maximum Gasteiger partial charge on any atom is 0.408 e. The van der Waals surface area contributed by atoms with E-state index in [1.54, 1.807) is 51.3 Å². The lowest BCUT2D eigenvalue weighted by atomic mass is 10.1. The lowest BCUT2D eigenvalue weighted by molar-refractivity contribution is -0.159. The zero-order valence-corrected chi connectivity index (χ0v) is 25.0. The number of hydrogen-bond donors (Lipinski definition) is 3. The van der Waals surface area contributed by atoms with Gasteiger partial charge in [-0.05, 0) is 41.5 Å². The molecule has 4 N–H and O–H groups in total. The monoisotopic (exact) mass is 596 g/mol. The lowest BCUT2D eigenvalue weighted by Crippen LogP contribution is -2.50. The number of halogens is 1. The van der Waals surface area contributed by atoms with Crippen molar-refractivity contribution in [2.45, 2.75) is 77.7 Å². The second-order valence-corrected chi connectivity index (χ2v) is 11.1. The molecule has 2 rings (SSSR count). The predicted molar refractivity (Wildman–Crippen MR) is 146 cm³/mol. The summed E-state index contributed by atoms with van der Waals surface area (Å²) in [4.78, 5) is 61.8. The summed E-state index contributed by atoms with van der Waals surface area (Å²) >= 11 is 0. The third-order valence-corrected chi connectivity index (χ3v) is 5.20. The molecule has 0 spiro atoms. The summed E-state index contributed by atoms with van der Waals surface area (Å²) in [5.74, 6) is -2.27. The minimum Gasteiger partial charge on any atom is -0.480 e. The minimum absolute atomic E-state index is 0. The van der Waals surface area contributed by atoms with E-state index in [9.17, 15) is 24.0 Å². The van der Waals surface area contributed by atoms with E-state index in [2.05, 4.69) is 5.32 Å². The molecule has 0 aliphatic carbocycles. The van der Waals surface area contributed by atoms with Gasteiger partial charge in [0.2, 0.25) is 11.8 Å². The predicted octanol–water partition coefficient (Wildman–Crippen LogP) is 0.539. The Morgan fingerprint density at radius 3 is 1.57 bits per heavy atom. The fraction of sp³-hybridized carbons (Fsp3) is 0.800. The topological polar surface area (TPSA) is 187 Å². The Labute approximate surface area is 241 Å². The number of rotatable bonds is 7. The van der Waals surface area contributed by atoms with Crippen LogP contribution in [0.4, 0.5) is 4.79 Å². The van der Waals surface area contributed by atoms with Gasteiger partial charge in [0.05, 0.1) is 39.3 Å². The van der Waals surface area contributed by atoms with Crippen LogP contribution in [0.25, 0.3) is 0 Å². The van der Waals surface area contributed by atoms with Crippen molar-refractivity contribution in [3.05, 3.63) is 0 Å². The Bertz CT molecular complexity index is 848. The summed E-state index contributed by atoms with van der Waals surface area (Å²) < 4.78 is 20.8. The zero-order valence-electron chi connectivity index (χ0n) is 24.2. The molecule has 14 nitrogen and oxygen atoms in total. The van der Waals surface area contributed by atoms with Gasteiger partial charge in [-0.2, -0.15) is 0 Å². The summed E-state index contributed by atoms with van der Waals surface area (Å²) in [5.41, 5.74) is 3.81. The normalized spacial score (nSPS) is 17.2. The fourth-order valence-electron chi connectivity index (χ4n) is 3.35. The van der Waals surface area contributed by atoms with E-state index in [1.807, 2.05) is 0 Å². The molecule has 2 aliphatic rings. The van der Waals surface area contributed by atoms with Crippen molar-refractivity contribution in [1.82, 2.24) is 15.1 Å². The van der Waals surface area contributed by atoms with Crippen molar-refractivity contribution < 1.29 is 48.0 Å². The van der Waals surface area contributed by atoms with Crippen molar-refractivity contribution in [3.63, 3.8) is 0 Å². The van der Waals surface area contributed by atoms with Crippen LogP contribution in [0.3, 0.4) is 0 Å². The van der Waals surface area contributed by atoms with E-state index in [0.717, 1.165) is 0 Å². The molecule has 0 aromatic heterocycles. The first kappa shape index (κ1) is 37.3. The number of carboxylic acids is 1. The van der Waals surface area contributed by atoms with Crippen LogP contribution in [-0.2, 0) is 38.1 Å². The summed E-state index contributed by atoms with van der Waals surface area (Å²) in [6, 6.07) is -2.21. The molecule has 2 fully saturated rings. The van der Waals surface area contributed by atoms with Crippen LogP contribution >= 0.6 is 12.4 Å². The summed E-state index contributed by atoms with van der Waals surface area (Å²) in [6.45, 7) is 14.2. The van der Waals surface area contributed by atoms with Gasteiger partial charge in [-0.15, -0.1) is 12.4 Å². The maximum atomic E-state index is 12.4. The number of carbonyl (C=O) groups excluding carboxylic acids is 4. The number of morpholine rings is 2. The first-order valence-corrected chi connectivity index (χ1v) is 12.9. The van der Waals surface area contributed by atoms with E-state index < -0.39 is 41.3 Å². The average Bonchev–Trinajstić information content (AvgIpc) is 2.82. The summed E-state index contributed by atoms with van der Waals surface area (Å²) in [6.07, 6.45) is -1.10. The van der Waals surface area contributed by atoms with E-state index >= 15 is 0 Å². The van der Waals surface area contributed by atoms with E-state index in [0.29, 0.717) is 52.6 Å². The summed E-state index contributed by atoms with van der Waals surface area (Å²) in [5, 5.41) is 11.0. The minimum atomic E-state index is -1.15. The molecule has 0 unspecified atom stereocenters. The van der Waals surface area contributed by atoms with Crippen LogP contribution < -0.4 is 11.1 Å². The highest BCUT2D eigenvalue weighted by Gasteiger charge is 2.32. The van der Waals surface area contributed by atoms with Crippen molar-refractivity contribution in [3.8, 4) is 0 Å². The highest BCUT2D eigenvalue weighted by Crippen LogP contribution is 2.13. The van der Waals surface area contributed by atoms with Gasteiger partial charge in [-0.3, -0.25) is 14.4 Å². The van der Waals surface area contributed by atoms with Crippen molar-refractivity contribution in [2.75, 3.05) is 52.6 Å². The molecule has 0 bridgehead atoms. The van der Waals surface area contributed by atoms with Gasteiger partial charge in [0.1, 0.15) is 23.3 Å². The first-order chi connectivity index (χ1) is 18.0. The Hall–Kier alpha value is -2.68. The number of aliphatic carboxylic acids is 1. The third-order valence-electron chi connectivity index (χ3n) is 5.20. The van der Waals surface area contributed by atoms with Crippen LogP contribution in [0.5, 0.6) is 0 Å². The molecule has 232 valence electrons. The molecule has 3 amide bonds. The maximum absolute atomic E-state index is 12.4. The van der Waals surface area contributed by atoms with Crippen molar-refractivity contribution in [1.29, 1.82) is 0 Å². The van der Waals surface area contributed by atoms with Crippen molar-refractivity contribution in [2.24, 2.45) is 5.73 Å². The van der Waals surface area contributed by atoms with Gasteiger partial charge in [-0.25, -0.2) is 9.59 Å². The highest BCUT2D eigenvalue weighted by atomic mass is 35.5. The Morgan fingerprint density at radius 1 is 0.800 bits per heavy atom. The van der Waals surface area contributed by atoms with Gasteiger partial charge < -0.3 is 44.9 Å². The molecule has 2 atom stereocenters. The van der Waals surface area contributed by atoms with Crippen molar-refractivity contribution >= 4 is 42.3 Å². The molecule has 2 aliphatic heterocycles. The number of nitrogens with zero attached hydrogens (tertiary/aromatic N) is 2. The van der Waals surface area contributed by atoms with Crippen LogP contribution in [-0.4, -0.2) is 121 Å². The molecule has 40 heavy (non-hydrogen) atoms. The number of amides is 3. The first-order valence-electron chi connectivity index (χ1n) is 12.9. The van der Waals surface area contributed by atoms with E-state index in [1.165, 1.54) is 0 Å². The molecule has 0 aromatic rings. The van der Waals surface area contributed by atoms with Gasteiger partial charge >= 0.3 is 18.0 Å². The van der Waals surface area contributed by atoms with Crippen LogP contribution in [0.1, 0.15) is 54.4 Å². The van der Waals surface area contributed by atoms with Crippen LogP contribution in [0.15, 0.2) is 0 Å². The number of alkyl carbamates (subject to hydrolysis) is 1. The largest absolute Gasteiger partial charge is 0.480 e. The molecule has 0 aromatic carbocycles. The Morgan fingerprint density at radius 2 is 1.20 bits per heavy atom. The molecular formula is C25H45ClN4O10. The van der Waals surface area contributed by atoms with Crippen LogP contribution in [0, 0.1) is 0 Å². The SMILES string of the molecule is CC(C)(C)OC(=O)N[C@H](CC(=O)N1CCOCC1)C(=O)OC(C)(C)C.Cl.N[C@H](CC(=O)N1CCOCC1)C(=O)O. The number of ether oxygens (including phenoxy) is 4. The second kappa shape index (κ2) is 17.2. The smallest absolute Gasteiger partial charge is 0.408 e. The van der Waals surface area contributed by atoms with Gasteiger partial charge in [0.15, 0.2) is 0 Å². The van der Waals surface area contributed by atoms with Gasteiger partial charge in [0.25, 0.3) is 0 Å². The number of carbonyl (C=O) groups is 5. The third kappa shape index (κ3) is 15.8. The number of hydrogen-bond acceptors (Lipinski definition) is 10.